The lowest BCUT2D eigenvalue weighted by molar-refractivity contribution is -0.128. The molecule has 0 aromatic rings. The zero-order chi connectivity index (χ0) is 12.8. The first-order chi connectivity index (χ1) is 8.75. The first-order valence-electron chi connectivity index (χ1n) is 7.03. The van der Waals surface area contributed by atoms with Crippen LogP contribution in [0.25, 0.3) is 0 Å². The van der Waals surface area contributed by atoms with E-state index in [9.17, 15) is 9.90 Å². The second-order valence-electron chi connectivity index (χ2n) is 5.36. The summed E-state index contributed by atoms with van der Waals surface area (Å²) in [6, 6.07) is 0. The highest BCUT2D eigenvalue weighted by Crippen LogP contribution is 2.19. The largest absolute Gasteiger partial charge is 0.391 e. The monoisotopic (exact) mass is 256 g/mol. The van der Waals surface area contributed by atoms with Crippen molar-refractivity contribution in [3.05, 3.63) is 0 Å². The average Bonchev–Trinajstić information content (AvgIpc) is 2.81. The van der Waals surface area contributed by atoms with E-state index in [1.807, 2.05) is 0 Å². The summed E-state index contributed by atoms with van der Waals surface area (Å²) in [5.74, 6) is 0.0586. The van der Waals surface area contributed by atoms with Crippen molar-refractivity contribution < 1.29 is 14.6 Å². The van der Waals surface area contributed by atoms with Gasteiger partial charge in [-0.1, -0.05) is 19.3 Å². The van der Waals surface area contributed by atoms with Gasteiger partial charge in [-0.15, -0.1) is 0 Å². The van der Waals surface area contributed by atoms with Crippen molar-refractivity contribution in [2.75, 3.05) is 26.2 Å². The van der Waals surface area contributed by atoms with Gasteiger partial charge in [0.1, 0.15) is 6.61 Å². The topological polar surface area (TPSA) is 70.6 Å². The van der Waals surface area contributed by atoms with Crippen LogP contribution in [0.4, 0.5) is 0 Å². The van der Waals surface area contributed by atoms with E-state index in [2.05, 4.69) is 10.6 Å². The molecule has 18 heavy (non-hydrogen) atoms. The Morgan fingerprint density at radius 1 is 1.28 bits per heavy atom. The molecule has 2 rings (SSSR count). The fourth-order valence-corrected chi connectivity index (χ4v) is 2.65. The number of β-amino-alcohol motifs (C(OH)–C–C–N with tert-alkyl or cyclic N) is 1. The molecule has 3 N–H and O–H groups in total. The number of aliphatic hydroxyl groups is 1. The molecule has 2 atom stereocenters. The molecule has 1 saturated heterocycles. The van der Waals surface area contributed by atoms with Gasteiger partial charge >= 0.3 is 0 Å². The summed E-state index contributed by atoms with van der Waals surface area (Å²) in [6.07, 6.45) is 5.81. The van der Waals surface area contributed by atoms with Crippen LogP contribution in [0.1, 0.15) is 32.1 Å². The lowest BCUT2D eigenvalue weighted by Gasteiger charge is -2.22. The standard InChI is InChI=1S/C13H24N2O3/c16-12-8-14-6-10(12)7-15-13(17)9-18-11-4-2-1-3-5-11/h10-12,14,16H,1-9H2,(H,15,17). The molecule has 1 amide bonds. The minimum Gasteiger partial charge on any atom is -0.391 e. The van der Waals surface area contributed by atoms with Crippen LogP contribution in [0.15, 0.2) is 0 Å². The van der Waals surface area contributed by atoms with Gasteiger partial charge in [-0.3, -0.25) is 4.79 Å². The van der Waals surface area contributed by atoms with E-state index in [-0.39, 0.29) is 30.6 Å². The van der Waals surface area contributed by atoms with Crippen molar-refractivity contribution in [2.45, 2.75) is 44.3 Å². The summed E-state index contributed by atoms with van der Waals surface area (Å²) in [5.41, 5.74) is 0. The highest BCUT2D eigenvalue weighted by Gasteiger charge is 2.25. The molecular weight excluding hydrogens is 232 g/mol. The zero-order valence-corrected chi connectivity index (χ0v) is 10.9. The molecule has 0 radical (unpaired) electrons. The van der Waals surface area contributed by atoms with Crippen LogP contribution in [0.2, 0.25) is 0 Å². The van der Waals surface area contributed by atoms with E-state index in [1.165, 1.54) is 19.3 Å². The molecule has 1 saturated carbocycles. The number of hydrogen-bond donors (Lipinski definition) is 3. The Morgan fingerprint density at radius 2 is 2.06 bits per heavy atom. The Labute approximate surface area is 108 Å². The number of rotatable bonds is 5. The normalized spacial score (nSPS) is 29.4. The van der Waals surface area contributed by atoms with E-state index < -0.39 is 0 Å². The SMILES string of the molecule is O=C(COC1CCCCC1)NCC1CNCC1O. The fraction of sp³-hybridized carbons (Fsp3) is 0.923. The third kappa shape index (κ3) is 4.23. The molecule has 0 bridgehead atoms. The predicted octanol–water partition coefficient (Wildman–Crippen LogP) is 0.0322. The molecular formula is C13H24N2O3. The van der Waals surface area contributed by atoms with E-state index in [0.717, 1.165) is 19.4 Å². The molecule has 2 aliphatic rings. The molecule has 1 aliphatic heterocycles. The van der Waals surface area contributed by atoms with Gasteiger partial charge in [-0.05, 0) is 12.8 Å². The van der Waals surface area contributed by atoms with E-state index in [0.29, 0.717) is 13.1 Å². The second-order valence-corrected chi connectivity index (χ2v) is 5.36. The van der Waals surface area contributed by atoms with Crippen molar-refractivity contribution in [2.24, 2.45) is 5.92 Å². The lowest BCUT2D eigenvalue weighted by Crippen LogP contribution is -2.37. The van der Waals surface area contributed by atoms with Crippen LogP contribution in [0, 0.1) is 5.92 Å². The molecule has 5 nitrogen and oxygen atoms in total. The smallest absolute Gasteiger partial charge is 0.246 e. The molecule has 1 heterocycles. The molecule has 0 aromatic heterocycles. The molecule has 0 aromatic carbocycles. The van der Waals surface area contributed by atoms with Crippen LogP contribution in [0.3, 0.4) is 0 Å². The summed E-state index contributed by atoms with van der Waals surface area (Å²) in [6.45, 7) is 2.08. The number of carbonyl (C=O) groups is 1. The molecule has 5 heteroatoms. The van der Waals surface area contributed by atoms with Gasteiger partial charge in [0, 0.05) is 25.6 Å². The molecule has 2 fully saturated rings. The van der Waals surface area contributed by atoms with Crippen LogP contribution in [-0.4, -0.2) is 49.5 Å². The number of amides is 1. The minimum atomic E-state index is -0.343. The Balaban J connectivity index is 1.57. The van der Waals surface area contributed by atoms with Gasteiger partial charge in [0.25, 0.3) is 0 Å². The number of carbonyl (C=O) groups excluding carboxylic acids is 1. The summed E-state index contributed by atoms with van der Waals surface area (Å²) >= 11 is 0. The van der Waals surface area contributed by atoms with Gasteiger partial charge in [0.2, 0.25) is 5.91 Å². The van der Waals surface area contributed by atoms with E-state index in [1.54, 1.807) is 0 Å². The zero-order valence-electron chi connectivity index (χ0n) is 10.9. The average molecular weight is 256 g/mol. The van der Waals surface area contributed by atoms with Crippen LogP contribution >= 0.6 is 0 Å². The maximum Gasteiger partial charge on any atom is 0.246 e. The Kier molecular flexibility index (Phi) is 5.41. The highest BCUT2D eigenvalue weighted by molar-refractivity contribution is 5.77. The summed E-state index contributed by atoms with van der Waals surface area (Å²) in [7, 11) is 0. The summed E-state index contributed by atoms with van der Waals surface area (Å²) in [4.78, 5) is 11.6. The quantitative estimate of drug-likeness (QED) is 0.649. The van der Waals surface area contributed by atoms with Gasteiger partial charge in [0.15, 0.2) is 0 Å². The lowest BCUT2D eigenvalue weighted by atomic mass is 9.98. The number of ether oxygens (including phenoxy) is 1. The van der Waals surface area contributed by atoms with Crippen molar-refractivity contribution in [1.29, 1.82) is 0 Å². The molecule has 104 valence electrons. The Hall–Kier alpha value is -0.650. The van der Waals surface area contributed by atoms with Crippen molar-refractivity contribution >= 4 is 5.91 Å². The first-order valence-corrected chi connectivity index (χ1v) is 7.03. The van der Waals surface area contributed by atoms with Gasteiger partial charge in [-0.2, -0.15) is 0 Å². The van der Waals surface area contributed by atoms with Gasteiger partial charge in [-0.25, -0.2) is 0 Å². The van der Waals surface area contributed by atoms with E-state index >= 15 is 0 Å². The number of nitrogens with one attached hydrogen (secondary N) is 2. The number of aliphatic hydroxyl groups excluding tert-OH is 1. The van der Waals surface area contributed by atoms with Crippen LogP contribution in [-0.2, 0) is 9.53 Å². The predicted molar refractivity (Wildman–Crippen MR) is 68.2 cm³/mol. The number of hydrogen-bond acceptors (Lipinski definition) is 4. The Bertz CT molecular complexity index is 267. The van der Waals surface area contributed by atoms with Crippen molar-refractivity contribution in [3.8, 4) is 0 Å². The molecule has 2 unspecified atom stereocenters. The highest BCUT2D eigenvalue weighted by atomic mass is 16.5. The van der Waals surface area contributed by atoms with E-state index in [4.69, 9.17) is 4.74 Å². The first kappa shape index (κ1) is 13.8. The second kappa shape index (κ2) is 7.07. The van der Waals surface area contributed by atoms with Gasteiger partial charge in [0.05, 0.1) is 12.2 Å². The van der Waals surface area contributed by atoms with Crippen LogP contribution < -0.4 is 10.6 Å². The fourth-order valence-electron chi connectivity index (χ4n) is 2.65. The summed E-state index contributed by atoms with van der Waals surface area (Å²) < 4.78 is 5.60. The maximum absolute atomic E-state index is 11.6. The molecule has 0 spiro atoms. The van der Waals surface area contributed by atoms with Crippen molar-refractivity contribution in [1.82, 2.24) is 10.6 Å². The minimum absolute atomic E-state index is 0.0697. The summed E-state index contributed by atoms with van der Waals surface area (Å²) in [5, 5.41) is 15.5. The Morgan fingerprint density at radius 3 is 2.72 bits per heavy atom. The molecule has 1 aliphatic carbocycles. The van der Waals surface area contributed by atoms with Gasteiger partial charge < -0.3 is 20.5 Å². The maximum atomic E-state index is 11.6. The third-order valence-electron chi connectivity index (χ3n) is 3.87. The van der Waals surface area contributed by atoms with Crippen molar-refractivity contribution in [3.63, 3.8) is 0 Å². The third-order valence-corrected chi connectivity index (χ3v) is 3.87. The van der Waals surface area contributed by atoms with Crippen LogP contribution in [0.5, 0.6) is 0 Å².